The minimum absolute atomic E-state index is 0.0905. The third kappa shape index (κ3) is 4.41. The molecule has 0 aromatic heterocycles. The highest BCUT2D eigenvalue weighted by Crippen LogP contribution is 2.67. The predicted molar refractivity (Wildman–Crippen MR) is 147 cm³/mol. The van der Waals surface area contributed by atoms with Gasteiger partial charge in [0.25, 0.3) is 0 Å². The van der Waals surface area contributed by atoms with E-state index in [0.29, 0.717) is 5.41 Å². The Morgan fingerprint density at radius 1 is 0.914 bits per heavy atom. The molecule has 0 radical (unpaired) electrons. The molecule has 3 fully saturated rings. The van der Waals surface area contributed by atoms with Gasteiger partial charge in [-0.25, -0.2) is 0 Å². The van der Waals surface area contributed by atoms with Crippen molar-refractivity contribution < 1.29 is 5.11 Å². The van der Waals surface area contributed by atoms with Crippen molar-refractivity contribution >= 4 is 0 Å². The van der Waals surface area contributed by atoms with Gasteiger partial charge in [-0.15, -0.1) is 0 Å². The fraction of sp³-hybridized carbons (Fsp3) is 0.758. The van der Waals surface area contributed by atoms with Crippen LogP contribution in [0.25, 0.3) is 0 Å². The lowest BCUT2D eigenvalue weighted by atomic mass is 9.46. The quantitative estimate of drug-likeness (QED) is 0.389. The number of allylic oxidation sites excluding steroid dienone is 5. The van der Waals surface area contributed by atoms with Gasteiger partial charge in [-0.2, -0.15) is 0 Å². The van der Waals surface area contributed by atoms with E-state index in [4.69, 9.17) is 0 Å². The Labute approximate surface area is 215 Å². The maximum atomic E-state index is 11.2. The first kappa shape index (κ1) is 25.4. The Bertz CT molecular complexity index is 866. The topological polar surface area (TPSA) is 23.5 Å². The van der Waals surface area contributed by atoms with Gasteiger partial charge in [0.05, 0.1) is 12.1 Å². The van der Waals surface area contributed by atoms with Gasteiger partial charge in [0, 0.05) is 12.4 Å². The highest BCUT2D eigenvalue weighted by atomic mass is 16.3. The molecule has 0 bridgehead atoms. The van der Waals surface area contributed by atoms with E-state index in [1.807, 2.05) is 0 Å². The molecule has 2 heteroatoms. The van der Waals surface area contributed by atoms with Crippen LogP contribution in [0.2, 0.25) is 0 Å². The second-order valence-corrected chi connectivity index (χ2v) is 13.8. The third-order valence-corrected chi connectivity index (χ3v) is 11.5. The van der Waals surface area contributed by atoms with Gasteiger partial charge in [-0.05, 0) is 109 Å². The van der Waals surface area contributed by atoms with Gasteiger partial charge in [-0.1, -0.05) is 72.1 Å². The molecule has 1 unspecified atom stereocenters. The van der Waals surface area contributed by atoms with Gasteiger partial charge >= 0.3 is 0 Å². The Morgan fingerprint density at radius 2 is 1.66 bits per heavy atom. The van der Waals surface area contributed by atoms with E-state index >= 15 is 0 Å². The summed E-state index contributed by atoms with van der Waals surface area (Å²) >= 11 is 0. The summed E-state index contributed by atoms with van der Waals surface area (Å²) in [6.07, 6.45) is 28.3. The molecule has 1 heterocycles. The summed E-state index contributed by atoms with van der Waals surface area (Å²) in [4.78, 5) is 2.28. The summed E-state index contributed by atoms with van der Waals surface area (Å²) in [6, 6.07) is 0.0905. The molecule has 2 nitrogen and oxygen atoms in total. The fourth-order valence-corrected chi connectivity index (χ4v) is 9.76. The van der Waals surface area contributed by atoms with Crippen LogP contribution in [-0.4, -0.2) is 22.2 Å². The summed E-state index contributed by atoms with van der Waals surface area (Å²) in [5.41, 5.74) is 2.31. The smallest absolute Gasteiger partial charge is 0.0804 e. The van der Waals surface area contributed by atoms with E-state index in [0.717, 1.165) is 48.3 Å². The fourth-order valence-electron chi connectivity index (χ4n) is 9.76. The average molecular weight is 478 g/mol. The maximum Gasteiger partial charge on any atom is 0.0804 e. The molecule has 3 saturated carbocycles. The van der Waals surface area contributed by atoms with Gasteiger partial charge in [0.2, 0.25) is 0 Å². The Kier molecular flexibility index (Phi) is 7.16. The van der Waals surface area contributed by atoms with E-state index < -0.39 is 0 Å². The van der Waals surface area contributed by atoms with Crippen molar-refractivity contribution in [1.29, 1.82) is 0 Å². The largest absolute Gasteiger partial charge is 0.391 e. The van der Waals surface area contributed by atoms with Crippen LogP contribution in [0.15, 0.2) is 48.4 Å². The van der Waals surface area contributed by atoms with Crippen molar-refractivity contribution in [3.05, 3.63) is 48.4 Å². The molecule has 0 aromatic rings. The van der Waals surface area contributed by atoms with Crippen LogP contribution in [-0.2, 0) is 0 Å². The second kappa shape index (κ2) is 9.88. The number of nitrogens with zero attached hydrogens (tertiary/aromatic N) is 1. The molecule has 0 spiro atoms. The molecule has 1 aliphatic heterocycles. The second-order valence-electron chi connectivity index (χ2n) is 13.8. The first-order chi connectivity index (χ1) is 16.8. The van der Waals surface area contributed by atoms with Crippen LogP contribution < -0.4 is 0 Å². The zero-order chi connectivity index (χ0) is 24.8. The minimum atomic E-state index is -0.283. The number of aliphatic hydroxyl groups is 1. The van der Waals surface area contributed by atoms with Gasteiger partial charge < -0.3 is 10.0 Å². The first-order valence-corrected chi connectivity index (χ1v) is 14.9. The lowest BCUT2D eigenvalue weighted by Crippen LogP contribution is -2.56. The molecular formula is C33H51NO. The Morgan fingerprint density at radius 3 is 2.37 bits per heavy atom. The van der Waals surface area contributed by atoms with E-state index in [9.17, 15) is 5.11 Å². The lowest BCUT2D eigenvalue weighted by Gasteiger charge is -2.60. The van der Waals surface area contributed by atoms with Crippen molar-refractivity contribution in [2.24, 2.45) is 46.3 Å². The molecule has 5 aliphatic rings. The van der Waals surface area contributed by atoms with Crippen molar-refractivity contribution in [3.8, 4) is 0 Å². The van der Waals surface area contributed by atoms with E-state index in [1.54, 1.807) is 0 Å². The molecule has 5 rings (SSSR count). The number of hydrogen-bond acceptors (Lipinski definition) is 2. The Hall–Kier alpha value is -1.28. The van der Waals surface area contributed by atoms with Gasteiger partial charge in [0.15, 0.2) is 0 Å². The lowest BCUT2D eigenvalue weighted by molar-refractivity contribution is -0.0661. The summed E-state index contributed by atoms with van der Waals surface area (Å²) in [5, 5.41) is 11.2. The minimum Gasteiger partial charge on any atom is -0.391 e. The molecule has 0 saturated heterocycles. The molecule has 4 aliphatic carbocycles. The number of rotatable bonds is 6. The molecule has 35 heavy (non-hydrogen) atoms. The van der Waals surface area contributed by atoms with Crippen molar-refractivity contribution in [2.75, 3.05) is 0 Å². The number of aliphatic hydroxyl groups excluding tert-OH is 1. The number of hydrogen-bond donors (Lipinski definition) is 1. The van der Waals surface area contributed by atoms with E-state index in [2.05, 4.69) is 82.3 Å². The first-order valence-electron chi connectivity index (χ1n) is 14.9. The summed E-state index contributed by atoms with van der Waals surface area (Å²) in [7, 11) is 0. The highest BCUT2D eigenvalue weighted by Gasteiger charge is 2.60. The zero-order valence-corrected chi connectivity index (χ0v) is 23.1. The molecular weight excluding hydrogens is 426 g/mol. The zero-order valence-electron chi connectivity index (χ0n) is 23.1. The molecule has 0 aromatic carbocycles. The number of fused-ring (bicyclic) bond motifs is 5. The summed E-state index contributed by atoms with van der Waals surface area (Å²) in [6.45, 7) is 12.6. The van der Waals surface area contributed by atoms with E-state index in [-0.39, 0.29) is 17.6 Å². The van der Waals surface area contributed by atoms with E-state index in [1.165, 1.54) is 56.9 Å². The predicted octanol–water partition coefficient (Wildman–Crippen LogP) is 8.27. The summed E-state index contributed by atoms with van der Waals surface area (Å²) < 4.78 is 0. The molecule has 1 N–H and O–H groups in total. The monoisotopic (exact) mass is 477 g/mol. The average Bonchev–Trinajstić information content (AvgIpc) is 2.97. The van der Waals surface area contributed by atoms with Crippen LogP contribution >= 0.6 is 0 Å². The van der Waals surface area contributed by atoms with Crippen molar-refractivity contribution in [2.45, 2.75) is 111 Å². The van der Waals surface area contributed by atoms with Crippen molar-refractivity contribution in [1.82, 2.24) is 4.90 Å². The maximum absolute atomic E-state index is 11.2. The SMILES string of the molecule is CC(C)CCC[C@@H](C)[C@H]1CC[C@H]2[C@@H]3CC=C4C(N5C=CC=CC=C5)[C@@H](O)CC[C@]4(C)[C@H]3CC[C@]12C. The van der Waals surface area contributed by atoms with Crippen LogP contribution in [0.1, 0.15) is 98.8 Å². The van der Waals surface area contributed by atoms with Crippen LogP contribution in [0, 0.1) is 46.3 Å². The third-order valence-electron chi connectivity index (χ3n) is 11.5. The molecule has 9 atom stereocenters. The molecule has 194 valence electrons. The molecule has 0 amide bonds. The van der Waals surface area contributed by atoms with Gasteiger partial charge in [-0.3, -0.25) is 0 Å². The van der Waals surface area contributed by atoms with Crippen molar-refractivity contribution in [3.63, 3.8) is 0 Å². The normalized spacial score (nSPS) is 43.4. The standard InChI is InChI=1S/C33H51NO/c1-23(2)11-10-12-24(3)26-15-16-27-25-13-14-29-31(34-21-8-6-7-9-22-34)30(35)18-20-33(29,5)28(25)17-19-32(26,27)4/h6-9,14,21-28,30-31,35H,10-13,15-20H2,1-5H3/t24-,25+,26-,27+,28+,30+,31?,32-,33-/m1/s1. The van der Waals surface area contributed by atoms with Gasteiger partial charge in [0.1, 0.15) is 0 Å². The highest BCUT2D eigenvalue weighted by molar-refractivity contribution is 5.33. The summed E-state index contributed by atoms with van der Waals surface area (Å²) in [5.74, 6) is 5.13. The van der Waals surface area contributed by atoms with Crippen LogP contribution in [0.5, 0.6) is 0 Å². The van der Waals surface area contributed by atoms with Crippen LogP contribution in [0.4, 0.5) is 0 Å². The van der Waals surface area contributed by atoms with Crippen LogP contribution in [0.3, 0.4) is 0 Å². The Balaban J connectivity index is 1.37.